The first kappa shape index (κ1) is 30.2. The lowest BCUT2D eigenvalue weighted by molar-refractivity contribution is 0.104. The van der Waals surface area contributed by atoms with Crippen LogP contribution < -0.4 is 0 Å². The highest BCUT2D eigenvalue weighted by molar-refractivity contribution is 8.41. The number of allylic oxidation sites excluding steroid dienone is 8. The molecule has 0 saturated carbocycles. The second-order valence-corrected chi connectivity index (χ2v) is 13.4. The highest BCUT2D eigenvalue weighted by Crippen LogP contribution is 2.54. The third-order valence-electron chi connectivity index (χ3n) is 3.86. The van der Waals surface area contributed by atoms with E-state index in [1.807, 2.05) is 18.2 Å². The molecule has 0 aliphatic heterocycles. The minimum atomic E-state index is -0.481. The predicted molar refractivity (Wildman–Crippen MR) is 149 cm³/mol. The fourth-order valence-corrected chi connectivity index (χ4v) is 4.94. The lowest BCUT2D eigenvalue weighted by Crippen LogP contribution is -2.25. The van der Waals surface area contributed by atoms with Crippen LogP contribution in [-0.4, -0.2) is 18.3 Å². The van der Waals surface area contributed by atoms with Gasteiger partial charge in [0.25, 0.3) is 0 Å². The Morgan fingerprint density at radius 2 is 1.62 bits per heavy atom. The molecule has 166 valence electrons. The quantitative estimate of drug-likeness (QED) is 0.146. The Kier molecular flexibility index (Phi) is 23.3. The Balaban J connectivity index is 4.33. The number of hydrogen-bond acceptors (Lipinski definition) is 3. The van der Waals surface area contributed by atoms with E-state index in [0.29, 0.717) is 8.50 Å². The first-order valence-electron chi connectivity index (χ1n) is 9.85. The standard InChI is InChI=1S/C20H38O3P6/c1-3-5-16-19(21-24)20(22-28-25)17-14-12-10-8-6-7-9-11-13-15-18(4-2)23-29(26)27/h6,8-15,17-20,28H,3-5,7,16,24-27H2,1-2H3. The van der Waals surface area contributed by atoms with E-state index in [1.54, 1.807) is 0 Å². The third kappa shape index (κ3) is 18.4. The van der Waals surface area contributed by atoms with Crippen LogP contribution >= 0.6 is 52.3 Å². The smallest absolute Gasteiger partial charge is 0.107 e. The van der Waals surface area contributed by atoms with Gasteiger partial charge in [-0.1, -0.05) is 114 Å². The maximum absolute atomic E-state index is 5.81. The van der Waals surface area contributed by atoms with Crippen molar-refractivity contribution >= 4 is 52.3 Å². The van der Waals surface area contributed by atoms with Crippen molar-refractivity contribution in [2.24, 2.45) is 0 Å². The predicted octanol–water partition coefficient (Wildman–Crippen LogP) is 8.06. The Morgan fingerprint density at radius 3 is 2.21 bits per heavy atom. The zero-order valence-corrected chi connectivity index (χ0v) is 24.0. The van der Waals surface area contributed by atoms with Gasteiger partial charge in [0.1, 0.15) is 6.10 Å². The third-order valence-corrected chi connectivity index (χ3v) is 6.27. The molecule has 0 rings (SSSR count). The van der Waals surface area contributed by atoms with Gasteiger partial charge in [0.15, 0.2) is 0 Å². The average molecular weight is 512 g/mol. The summed E-state index contributed by atoms with van der Waals surface area (Å²) < 4.78 is 17.1. The van der Waals surface area contributed by atoms with E-state index >= 15 is 0 Å². The van der Waals surface area contributed by atoms with Crippen molar-refractivity contribution in [2.75, 3.05) is 0 Å². The lowest BCUT2D eigenvalue weighted by Gasteiger charge is -2.22. The van der Waals surface area contributed by atoms with Crippen LogP contribution in [0.4, 0.5) is 0 Å². The molecule has 0 heterocycles. The van der Waals surface area contributed by atoms with E-state index in [4.69, 9.17) is 13.6 Å². The second kappa shape index (κ2) is 22.4. The van der Waals surface area contributed by atoms with Crippen molar-refractivity contribution in [2.45, 2.75) is 64.3 Å². The molecule has 0 radical (unpaired) electrons. The Hall–Kier alpha value is 1.16. The van der Waals surface area contributed by atoms with E-state index in [0.717, 1.165) is 32.1 Å². The van der Waals surface area contributed by atoms with E-state index in [-0.39, 0.29) is 18.3 Å². The topological polar surface area (TPSA) is 27.7 Å². The molecule has 0 bridgehead atoms. The summed E-state index contributed by atoms with van der Waals surface area (Å²) in [5.74, 6) is 0. The average Bonchev–Trinajstić information content (AvgIpc) is 2.71. The Bertz CT molecular complexity index is 520. The van der Waals surface area contributed by atoms with Gasteiger partial charge in [-0.25, -0.2) is 0 Å². The lowest BCUT2D eigenvalue weighted by atomic mass is 10.1. The number of rotatable bonds is 17. The normalized spacial score (nSPS) is 16.8. The Morgan fingerprint density at radius 1 is 0.966 bits per heavy atom. The van der Waals surface area contributed by atoms with Crippen LogP contribution in [-0.2, 0) is 13.6 Å². The molecular formula is C20H38O3P6. The molecule has 0 aromatic rings. The van der Waals surface area contributed by atoms with Crippen LogP contribution in [0.2, 0.25) is 0 Å². The molecule has 0 aromatic carbocycles. The molecule has 0 fully saturated rings. The minimum Gasteiger partial charge on any atom is -0.359 e. The Labute approximate surface area is 190 Å². The fourth-order valence-electron chi connectivity index (χ4n) is 2.32. The molecule has 0 amide bonds. The van der Waals surface area contributed by atoms with Crippen molar-refractivity contribution in [1.82, 2.24) is 0 Å². The summed E-state index contributed by atoms with van der Waals surface area (Å²) >= 11 is 0. The van der Waals surface area contributed by atoms with Crippen molar-refractivity contribution in [3.8, 4) is 0 Å². The zero-order chi connectivity index (χ0) is 21.7. The summed E-state index contributed by atoms with van der Waals surface area (Å²) in [4.78, 5) is 0. The van der Waals surface area contributed by atoms with Crippen LogP contribution in [0.5, 0.6) is 0 Å². The van der Waals surface area contributed by atoms with Gasteiger partial charge in [0.2, 0.25) is 0 Å². The molecule has 8 unspecified atom stereocenters. The van der Waals surface area contributed by atoms with Gasteiger partial charge in [-0.3, -0.25) is 0 Å². The summed E-state index contributed by atoms with van der Waals surface area (Å²) in [6.07, 6.45) is 26.1. The molecule has 3 nitrogen and oxygen atoms in total. The van der Waals surface area contributed by atoms with Crippen molar-refractivity contribution in [1.29, 1.82) is 0 Å². The van der Waals surface area contributed by atoms with E-state index in [2.05, 4.69) is 92.6 Å². The van der Waals surface area contributed by atoms with Crippen molar-refractivity contribution in [3.05, 3.63) is 60.8 Å². The van der Waals surface area contributed by atoms with Crippen LogP contribution in [0.15, 0.2) is 60.8 Å². The first-order valence-corrected chi connectivity index (χ1v) is 17.5. The fraction of sp³-hybridized carbons (Fsp3) is 0.500. The molecule has 29 heavy (non-hydrogen) atoms. The van der Waals surface area contributed by atoms with Crippen LogP contribution in [0, 0.1) is 0 Å². The minimum absolute atomic E-state index is 0.0247. The molecule has 0 spiro atoms. The first-order chi connectivity index (χ1) is 14.1. The molecule has 0 aliphatic rings. The van der Waals surface area contributed by atoms with Crippen molar-refractivity contribution < 1.29 is 13.6 Å². The summed E-state index contributed by atoms with van der Waals surface area (Å²) in [7, 11) is 10.3. The molecule has 0 aromatic heterocycles. The SMILES string of the molecule is CCCCC(OP)C(C=CC=CC=CCC=CC=CC(CC)OP(P)P)OPP. The molecule has 0 N–H and O–H groups in total. The largest absolute Gasteiger partial charge is 0.359 e. The maximum atomic E-state index is 5.81. The van der Waals surface area contributed by atoms with Crippen molar-refractivity contribution in [3.63, 3.8) is 0 Å². The van der Waals surface area contributed by atoms with Crippen LogP contribution in [0.25, 0.3) is 0 Å². The van der Waals surface area contributed by atoms with Crippen LogP contribution in [0.1, 0.15) is 46.0 Å². The monoisotopic (exact) mass is 512 g/mol. The number of hydrogen-bond donors (Lipinski definition) is 0. The van der Waals surface area contributed by atoms with Gasteiger partial charge in [0.05, 0.1) is 19.7 Å². The number of unbranched alkanes of at least 4 members (excludes halogenated alkanes) is 1. The van der Waals surface area contributed by atoms with Gasteiger partial charge >= 0.3 is 0 Å². The van der Waals surface area contributed by atoms with Gasteiger partial charge in [-0.05, 0) is 19.3 Å². The zero-order valence-electron chi connectivity index (χ0n) is 17.5. The van der Waals surface area contributed by atoms with Gasteiger partial charge < -0.3 is 13.6 Å². The van der Waals surface area contributed by atoms with Gasteiger partial charge in [0, 0.05) is 18.0 Å². The molecule has 0 aliphatic carbocycles. The molecular weight excluding hydrogens is 474 g/mol. The highest BCUT2D eigenvalue weighted by Gasteiger charge is 2.18. The molecule has 9 heteroatoms. The van der Waals surface area contributed by atoms with E-state index in [9.17, 15) is 0 Å². The summed E-state index contributed by atoms with van der Waals surface area (Å²) in [5.41, 5.74) is 0. The summed E-state index contributed by atoms with van der Waals surface area (Å²) in [6.45, 7) is 4.32. The maximum Gasteiger partial charge on any atom is 0.107 e. The van der Waals surface area contributed by atoms with E-state index < -0.39 is 7.53 Å². The second-order valence-electron chi connectivity index (χ2n) is 6.18. The van der Waals surface area contributed by atoms with E-state index in [1.165, 1.54) is 0 Å². The van der Waals surface area contributed by atoms with Crippen LogP contribution in [0.3, 0.4) is 0 Å². The summed E-state index contributed by atoms with van der Waals surface area (Å²) in [5, 5.41) is 0. The molecule has 8 atom stereocenters. The summed E-state index contributed by atoms with van der Waals surface area (Å²) in [6, 6.07) is 0. The van der Waals surface area contributed by atoms with Gasteiger partial charge in [-0.15, -0.1) is 0 Å². The highest BCUT2D eigenvalue weighted by atomic mass is 32.4. The van der Waals surface area contributed by atoms with Gasteiger partial charge in [-0.2, -0.15) is 0 Å². The molecule has 0 saturated heterocycles.